The molecule has 1 unspecified atom stereocenters. The maximum Gasteiger partial charge on any atom is 0.0998 e. The Kier molecular flexibility index (Phi) is 3.49. The molecule has 2 heterocycles. The molecule has 0 bridgehead atoms. The first-order chi connectivity index (χ1) is 10.2. The van der Waals surface area contributed by atoms with Crippen LogP contribution in [0.15, 0.2) is 42.7 Å². The van der Waals surface area contributed by atoms with Crippen LogP contribution in [0.1, 0.15) is 37.6 Å². The Morgan fingerprint density at radius 1 is 1.24 bits per heavy atom. The first kappa shape index (κ1) is 13.4. The van der Waals surface area contributed by atoms with Gasteiger partial charge in [0.05, 0.1) is 23.9 Å². The summed E-state index contributed by atoms with van der Waals surface area (Å²) < 4.78 is 4.15. The van der Waals surface area contributed by atoms with Crippen LogP contribution in [0.4, 0.5) is 0 Å². The van der Waals surface area contributed by atoms with Gasteiger partial charge in [0.25, 0.3) is 0 Å². The number of rotatable bonds is 4. The van der Waals surface area contributed by atoms with Crippen LogP contribution in [0.2, 0.25) is 0 Å². The molecule has 0 amide bonds. The molecule has 0 aliphatic rings. The van der Waals surface area contributed by atoms with Gasteiger partial charge < -0.3 is 4.57 Å². The molecule has 0 fully saturated rings. The Hall–Kier alpha value is -2.54. The molecule has 4 nitrogen and oxygen atoms in total. The Labute approximate surface area is 124 Å². The van der Waals surface area contributed by atoms with Gasteiger partial charge in [-0.1, -0.05) is 13.0 Å². The first-order valence-electron chi connectivity index (χ1n) is 7.25. The van der Waals surface area contributed by atoms with Crippen LogP contribution in [0.25, 0.3) is 10.9 Å². The summed E-state index contributed by atoms with van der Waals surface area (Å²) in [7, 11) is 0. The number of fused-ring (bicyclic) bond motifs is 1. The summed E-state index contributed by atoms with van der Waals surface area (Å²) in [6.45, 7) is 5.05. The van der Waals surface area contributed by atoms with E-state index >= 15 is 0 Å². The van der Waals surface area contributed by atoms with Crippen molar-refractivity contribution < 1.29 is 0 Å². The van der Waals surface area contributed by atoms with Crippen LogP contribution in [-0.4, -0.2) is 14.3 Å². The summed E-state index contributed by atoms with van der Waals surface area (Å²) in [6.07, 6.45) is 5.13. The summed E-state index contributed by atoms with van der Waals surface area (Å²) in [5.74, 6) is 0. The fraction of sp³-hybridized carbons (Fsp3) is 0.294. The fourth-order valence-electron chi connectivity index (χ4n) is 2.53. The number of benzene rings is 1. The summed E-state index contributed by atoms with van der Waals surface area (Å²) in [4.78, 5) is 0. The molecule has 0 saturated carbocycles. The van der Waals surface area contributed by atoms with Crippen LogP contribution >= 0.6 is 0 Å². The van der Waals surface area contributed by atoms with Gasteiger partial charge in [-0.25, -0.2) is 0 Å². The van der Waals surface area contributed by atoms with Crippen LogP contribution in [0, 0.1) is 11.3 Å². The van der Waals surface area contributed by atoms with Crippen molar-refractivity contribution in [2.24, 2.45) is 0 Å². The standard InChI is InChI=1S/C17H18N4/c1-3-13(2)21-10-7-15(19-21)12-20-9-8-16-14(11-18)5-4-6-17(16)20/h4-10,13H,3,12H2,1-2H3. The highest BCUT2D eigenvalue weighted by atomic mass is 15.3. The molecule has 21 heavy (non-hydrogen) atoms. The highest BCUT2D eigenvalue weighted by Gasteiger charge is 2.08. The molecule has 0 spiro atoms. The lowest BCUT2D eigenvalue weighted by molar-refractivity contribution is 0.472. The topological polar surface area (TPSA) is 46.5 Å². The molecular formula is C17H18N4. The lowest BCUT2D eigenvalue weighted by atomic mass is 10.1. The average Bonchev–Trinajstić information content (AvgIpc) is 3.14. The molecule has 0 radical (unpaired) electrons. The number of hydrogen-bond acceptors (Lipinski definition) is 2. The molecule has 0 N–H and O–H groups in total. The van der Waals surface area contributed by atoms with E-state index in [1.165, 1.54) is 0 Å². The van der Waals surface area contributed by atoms with Gasteiger partial charge in [-0.2, -0.15) is 10.4 Å². The smallest absolute Gasteiger partial charge is 0.0998 e. The van der Waals surface area contributed by atoms with Gasteiger partial charge in [0.15, 0.2) is 0 Å². The van der Waals surface area contributed by atoms with Crippen molar-refractivity contribution in [1.29, 1.82) is 5.26 Å². The Morgan fingerprint density at radius 2 is 2.10 bits per heavy atom. The van der Waals surface area contributed by atoms with E-state index in [1.807, 2.05) is 41.3 Å². The average molecular weight is 278 g/mol. The number of hydrogen-bond donors (Lipinski definition) is 0. The third-order valence-electron chi connectivity index (χ3n) is 3.97. The SMILES string of the molecule is CCC(C)n1ccc(Cn2ccc3c(C#N)cccc32)n1. The molecule has 3 aromatic rings. The minimum absolute atomic E-state index is 0.422. The van der Waals surface area contributed by atoms with Gasteiger partial charge in [0, 0.05) is 29.3 Å². The maximum atomic E-state index is 9.15. The Morgan fingerprint density at radius 3 is 2.86 bits per heavy atom. The quantitative estimate of drug-likeness (QED) is 0.730. The van der Waals surface area contributed by atoms with E-state index in [0.29, 0.717) is 6.04 Å². The van der Waals surface area contributed by atoms with Crippen LogP contribution in [0.5, 0.6) is 0 Å². The lowest BCUT2D eigenvalue weighted by Crippen LogP contribution is -2.06. The Bertz CT molecular complexity index is 804. The molecule has 0 saturated heterocycles. The normalized spacial score (nSPS) is 12.4. The zero-order chi connectivity index (χ0) is 14.8. The molecule has 3 rings (SSSR count). The molecule has 1 aromatic carbocycles. The number of nitrogens with zero attached hydrogens (tertiary/aromatic N) is 4. The molecular weight excluding hydrogens is 260 g/mol. The summed E-state index contributed by atoms with van der Waals surface area (Å²) in [6, 6.07) is 12.5. The van der Waals surface area contributed by atoms with Crippen molar-refractivity contribution in [2.45, 2.75) is 32.9 Å². The fourth-order valence-corrected chi connectivity index (χ4v) is 2.53. The van der Waals surface area contributed by atoms with Gasteiger partial charge in [0.2, 0.25) is 0 Å². The second kappa shape index (κ2) is 5.45. The van der Waals surface area contributed by atoms with Gasteiger partial charge >= 0.3 is 0 Å². The first-order valence-corrected chi connectivity index (χ1v) is 7.25. The summed E-state index contributed by atoms with van der Waals surface area (Å²) >= 11 is 0. The van der Waals surface area contributed by atoms with Gasteiger partial charge in [-0.3, -0.25) is 4.68 Å². The third kappa shape index (κ3) is 2.43. The second-order valence-corrected chi connectivity index (χ2v) is 5.34. The second-order valence-electron chi connectivity index (χ2n) is 5.34. The predicted molar refractivity (Wildman–Crippen MR) is 83.0 cm³/mol. The van der Waals surface area contributed by atoms with Gasteiger partial charge in [0.1, 0.15) is 0 Å². The van der Waals surface area contributed by atoms with Gasteiger partial charge in [-0.15, -0.1) is 0 Å². The van der Waals surface area contributed by atoms with Crippen molar-refractivity contribution in [3.63, 3.8) is 0 Å². The van der Waals surface area contributed by atoms with E-state index in [9.17, 15) is 0 Å². The third-order valence-corrected chi connectivity index (χ3v) is 3.97. The monoisotopic (exact) mass is 278 g/mol. The van der Waals surface area contributed by atoms with Crippen molar-refractivity contribution in [2.75, 3.05) is 0 Å². The van der Waals surface area contributed by atoms with Gasteiger partial charge in [-0.05, 0) is 37.6 Å². The predicted octanol–water partition coefficient (Wildman–Crippen LogP) is 3.73. The van der Waals surface area contributed by atoms with E-state index in [-0.39, 0.29) is 0 Å². The Balaban J connectivity index is 1.92. The van der Waals surface area contributed by atoms with Crippen molar-refractivity contribution >= 4 is 10.9 Å². The van der Waals surface area contributed by atoms with E-state index in [2.05, 4.69) is 35.6 Å². The molecule has 0 aliphatic heterocycles. The largest absolute Gasteiger partial charge is 0.341 e. The zero-order valence-corrected chi connectivity index (χ0v) is 12.3. The van der Waals surface area contributed by atoms with E-state index < -0.39 is 0 Å². The van der Waals surface area contributed by atoms with Crippen molar-refractivity contribution in [3.8, 4) is 6.07 Å². The number of aromatic nitrogens is 3. The highest BCUT2D eigenvalue weighted by Crippen LogP contribution is 2.20. The summed E-state index contributed by atoms with van der Waals surface area (Å²) in [5, 5.41) is 14.8. The molecule has 106 valence electrons. The van der Waals surface area contributed by atoms with Crippen LogP contribution < -0.4 is 0 Å². The zero-order valence-electron chi connectivity index (χ0n) is 12.3. The number of nitriles is 1. The molecule has 1 atom stereocenters. The van der Waals surface area contributed by atoms with Crippen LogP contribution in [0.3, 0.4) is 0 Å². The highest BCUT2D eigenvalue weighted by molar-refractivity contribution is 5.86. The van der Waals surface area contributed by atoms with E-state index in [1.54, 1.807) is 0 Å². The summed E-state index contributed by atoms with van der Waals surface area (Å²) in [5.41, 5.74) is 2.83. The minimum atomic E-state index is 0.422. The van der Waals surface area contributed by atoms with E-state index in [4.69, 9.17) is 5.26 Å². The maximum absolute atomic E-state index is 9.15. The molecule has 0 aliphatic carbocycles. The van der Waals surface area contributed by atoms with Crippen LogP contribution in [-0.2, 0) is 6.54 Å². The minimum Gasteiger partial charge on any atom is -0.341 e. The van der Waals surface area contributed by atoms with E-state index in [0.717, 1.165) is 35.1 Å². The molecule has 4 heteroatoms. The van der Waals surface area contributed by atoms with Crippen molar-refractivity contribution in [1.82, 2.24) is 14.3 Å². The lowest BCUT2D eigenvalue weighted by Gasteiger charge is -2.08. The molecule has 2 aromatic heterocycles. The van der Waals surface area contributed by atoms with Crippen molar-refractivity contribution in [3.05, 3.63) is 54.0 Å².